The number of fused-ring (bicyclic) bond motifs is 1. The third kappa shape index (κ3) is 5.26. The summed E-state index contributed by atoms with van der Waals surface area (Å²) >= 11 is 0. The summed E-state index contributed by atoms with van der Waals surface area (Å²) < 4.78 is 5.99. The van der Waals surface area contributed by atoms with Crippen LogP contribution in [0.2, 0.25) is 0 Å². The second-order valence-corrected chi connectivity index (χ2v) is 8.41. The number of ether oxygens (including phenoxy) is 1. The molecule has 4 N–H and O–H groups in total. The van der Waals surface area contributed by atoms with E-state index in [0.717, 1.165) is 37.0 Å². The SMILES string of the molecule is N=C(N)c1ccc(COc2ccc3c(c2)CCC(N(CC(=O)O)C2C=CC=CC2)C3)cc1. The average molecular weight is 432 g/mol. The Kier molecular flexibility index (Phi) is 6.71. The number of carbonyl (C=O) groups is 1. The number of aryl methyl sites for hydroxylation is 1. The molecule has 2 unspecified atom stereocenters. The highest BCUT2D eigenvalue weighted by Gasteiger charge is 2.30. The van der Waals surface area contributed by atoms with Gasteiger partial charge in [0.25, 0.3) is 0 Å². The van der Waals surface area contributed by atoms with Crippen LogP contribution < -0.4 is 10.5 Å². The first kappa shape index (κ1) is 21.8. The van der Waals surface area contributed by atoms with Crippen LogP contribution in [0.3, 0.4) is 0 Å². The molecule has 2 aromatic carbocycles. The van der Waals surface area contributed by atoms with Gasteiger partial charge in [-0.2, -0.15) is 0 Å². The summed E-state index contributed by atoms with van der Waals surface area (Å²) in [6.45, 7) is 0.514. The van der Waals surface area contributed by atoms with Gasteiger partial charge in [-0.25, -0.2) is 0 Å². The fourth-order valence-electron chi connectivity index (χ4n) is 4.52. The van der Waals surface area contributed by atoms with Gasteiger partial charge in [0, 0.05) is 17.6 Å². The number of benzene rings is 2. The number of allylic oxidation sites excluding steroid dienone is 2. The van der Waals surface area contributed by atoms with Crippen molar-refractivity contribution in [2.45, 2.75) is 44.4 Å². The van der Waals surface area contributed by atoms with E-state index >= 15 is 0 Å². The zero-order chi connectivity index (χ0) is 22.5. The molecular weight excluding hydrogens is 402 g/mol. The third-order valence-corrected chi connectivity index (χ3v) is 6.22. The van der Waals surface area contributed by atoms with Gasteiger partial charge in [0.1, 0.15) is 18.2 Å². The fourth-order valence-corrected chi connectivity index (χ4v) is 4.52. The largest absolute Gasteiger partial charge is 0.489 e. The van der Waals surface area contributed by atoms with E-state index in [1.54, 1.807) is 0 Å². The number of carboxylic acid groups (broad SMARTS) is 1. The normalized spacial score (nSPS) is 19.5. The number of hydrogen-bond donors (Lipinski definition) is 3. The van der Waals surface area contributed by atoms with Gasteiger partial charge in [0.05, 0.1) is 6.54 Å². The Bertz CT molecular complexity index is 1040. The molecule has 0 spiro atoms. The molecule has 4 rings (SSSR count). The van der Waals surface area contributed by atoms with Crippen molar-refractivity contribution in [3.8, 4) is 5.75 Å². The van der Waals surface area contributed by atoms with Crippen molar-refractivity contribution in [1.29, 1.82) is 5.41 Å². The van der Waals surface area contributed by atoms with Gasteiger partial charge < -0.3 is 15.6 Å². The highest BCUT2D eigenvalue weighted by Crippen LogP contribution is 2.30. The molecule has 0 saturated carbocycles. The number of rotatable bonds is 8. The van der Waals surface area contributed by atoms with Crippen LogP contribution in [0, 0.1) is 5.41 Å². The molecule has 6 heteroatoms. The van der Waals surface area contributed by atoms with E-state index in [0.29, 0.717) is 12.2 Å². The van der Waals surface area contributed by atoms with Gasteiger partial charge in [-0.3, -0.25) is 15.1 Å². The summed E-state index contributed by atoms with van der Waals surface area (Å²) in [5.41, 5.74) is 9.77. The quantitative estimate of drug-likeness (QED) is 0.437. The summed E-state index contributed by atoms with van der Waals surface area (Å²) in [5, 5.41) is 16.9. The molecule has 2 aromatic rings. The van der Waals surface area contributed by atoms with Gasteiger partial charge in [0.15, 0.2) is 0 Å². The minimum atomic E-state index is -0.779. The second-order valence-electron chi connectivity index (χ2n) is 8.41. The Balaban J connectivity index is 1.41. The van der Waals surface area contributed by atoms with E-state index < -0.39 is 5.97 Å². The molecule has 6 nitrogen and oxygen atoms in total. The van der Waals surface area contributed by atoms with E-state index in [-0.39, 0.29) is 24.5 Å². The lowest BCUT2D eigenvalue weighted by molar-refractivity contribution is -0.139. The summed E-state index contributed by atoms with van der Waals surface area (Å²) in [5.74, 6) is 0.114. The third-order valence-electron chi connectivity index (χ3n) is 6.22. The number of nitrogens with zero attached hydrogens (tertiary/aromatic N) is 1. The maximum atomic E-state index is 11.5. The zero-order valence-corrected chi connectivity index (χ0v) is 18.0. The molecule has 2 atom stereocenters. The molecule has 0 fully saturated rings. The molecule has 0 saturated heterocycles. The molecule has 0 bridgehead atoms. The monoisotopic (exact) mass is 431 g/mol. The van der Waals surface area contributed by atoms with Crippen molar-refractivity contribution in [3.05, 3.63) is 89.0 Å². The maximum Gasteiger partial charge on any atom is 0.317 e. The lowest BCUT2D eigenvalue weighted by Crippen LogP contribution is -2.47. The van der Waals surface area contributed by atoms with E-state index in [2.05, 4.69) is 29.2 Å². The van der Waals surface area contributed by atoms with Crippen LogP contribution in [0.15, 0.2) is 66.8 Å². The summed E-state index contributed by atoms with van der Waals surface area (Å²) in [4.78, 5) is 13.6. The number of aliphatic carboxylic acids is 1. The summed E-state index contributed by atoms with van der Waals surface area (Å²) in [6, 6.07) is 14.1. The smallest absolute Gasteiger partial charge is 0.317 e. The molecule has 32 heavy (non-hydrogen) atoms. The first-order chi connectivity index (χ1) is 15.5. The van der Waals surface area contributed by atoms with Crippen LogP contribution in [-0.4, -0.2) is 40.4 Å². The molecule has 0 aromatic heterocycles. The van der Waals surface area contributed by atoms with Gasteiger partial charge >= 0.3 is 5.97 Å². The van der Waals surface area contributed by atoms with Gasteiger partial charge in [-0.05, 0) is 54.5 Å². The van der Waals surface area contributed by atoms with Gasteiger partial charge in [-0.1, -0.05) is 54.6 Å². The van der Waals surface area contributed by atoms with Crippen LogP contribution in [0.25, 0.3) is 0 Å². The number of hydrogen-bond acceptors (Lipinski definition) is 4. The lowest BCUT2D eigenvalue weighted by atomic mass is 9.86. The lowest BCUT2D eigenvalue weighted by Gasteiger charge is -2.38. The van der Waals surface area contributed by atoms with E-state index in [4.69, 9.17) is 15.9 Å². The van der Waals surface area contributed by atoms with E-state index in [9.17, 15) is 9.90 Å². The van der Waals surface area contributed by atoms with Crippen molar-refractivity contribution in [3.63, 3.8) is 0 Å². The first-order valence-corrected chi connectivity index (χ1v) is 11.0. The van der Waals surface area contributed by atoms with Crippen LogP contribution in [-0.2, 0) is 24.2 Å². The molecule has 0 radical (unpaired) electrons. The highest BCUT2D eigenvalue weighted by atomic mass is 16.5. The zero-order valence-electron chi connectivity index (χ0n) is 18.0. The molecule has 0 amide bonds. The van der Waals surface area contributed by atoms with Crippen molar-refractivity contribution in [2.75, 3.05) is 6.54 Å². The fraction of sp³-hybridized carbons (Fsp3) is 0.308. The molecule has 0 heterocycles. The van der Waals surface area contributed by atoms with Gasteiger partial charge in [-0.15, -0.1) is 0 Å². The predicted octanol–water partition coefficient (Wildman–Crippen LogP) is 3.68. The van der Waals surface area contributed by atoms with Crippen molar-refractivity contribution in [2.24, 2.45) is 5.73 Å². The Morgan fingerprint density at radius 1 is 1.16 bits per heavy atom. The summed E-state index contributed by atoms with van der Waals surface area (Å²) in [7, 11) is 0. The first-order valence-electron chi connectivity index (χ1n) is 11.0. The predicted molar refractivity (Wildman–Crippen MR) is 125 cm³/mol. The van der Waals surface area contributed by atoms with Crippen LogP contribution >= 0.6 is 0 Å². The van der Waals surface area contributed by atoms with Crippen molar-refractivity contribution in [1.82, 2.24) is 4.90 Å². The summed E-state index contributed by atoms with van der Waals surface area (Å²) in [6.07, 6.45) is 11.8. The second kappa shape index (κ2) is 9.83. The molecule has 166 valence electrons. The Morgan fingerprint density at radius 2 is 1.97 bits per heavy atom. The van der Waals surface area contributed by atoms with Crippen LogP contribution in [0.4, 0.5) is 0 Å². The highest BCUT2D eigenvalue weighted by molar-refractivity contribution is 5.94. The van der Waals surface area contributed by atoms with Crippen molar-refractivity contribution >= 4 is 11.8 Å². The number of nitrogen functional groups attached to an aromatic ring is 1. The molecule has 2 aliphatic carbocycles. The van der Waals surface area contributed by atoms with E-state index in [1.807, 2.05) is 42.5 Å². The van der Waals surface area contributed by atoms with Gasteiger partial charge in [0.2, 0.25) is 0 Å². The van der Waals surface area contributed by atoms with E-state index in [1.165, 1.54) is 11.1 Å². The molecular formula is C26H29N3O3. The molecule has 0 aliphatic heterocycles. The topological polar surface area (TPSA) is 99.6 Å². The minimum absolute atomic E-state index is 0.0587. The number of nitrogens with one attached hydrogen (secondary N) is 1. The molecule has 2 aliphatic rings. The Hall–Kier alpha value is -3.38. The van der Waals surface area contributed by atoms with Crippen molar-refractivity contribution < 1.29 is 14.6 Å². The minimum Gasteiger partial charge on any atom is -0.489 e. The van der Waals surface area contributed by atoms with Crippen LogP contribution in [0.5, 0.6) is 5.75 Å². The maximum absolute atomic E-state index is 11.5. The number of amidine groups is 1. The average Bonchev–Trinajstić information content (AvgIpc) is 2.81. The number of carboxylic acids is 1. The van der Waals surface area contributed by atoms with Crippen LogP contribution in [0.1, 0.15) is 35.1 Å². The Labute approximate surface area is 188 Å². The standard InChI is InChI=1S/C26H29N3O3/c27-26(28)19-8-6-18(7-9-19)17-32-24-13-11-20-14-23(12-10-21(20)15-24)29(16-25(30)31)22-4-2-1-3-5-22/h1-4,6-9,11,13,15,22-23H,5,10,12,14,16-17H2,(H3,27,28)(H,30,31). The number of nitrogens with two attached hydrogens (primary N) is 1. The Morgan fingerprint density at radius 3 is 2.66 bits per heavy atom.